The fourth-order valence-corrected chi connectivity index (χ4v) is 8.95. The molecule has 0 aromatic rings. The molecule has 0 unspecified atom stereocenters. The molecule has 0 aromatic carbocycles. The molecule has 0 bridgehead atoms. The second-order valence-corrected chi connectivity index (χ2v) is 12.6. The summed E-state index contributed by atoms with van der Waals surface area (Å²) in [7, 11) is 0. The van der Waals surface area contributed by atoms with Crippen molar-refractivity contribution in [2.75, 3.05) is 6.56 Å². The Morgan fingerprint density at radius 1 is 1.31 bits per heavy atom. The van der Waals surface area contributed by atoms with E-state index in [9.17, 15) is 20.9 Å². The van der Waals surface area contributed by atoms with Gasteiger partial charge in [-0.2, -0.15) is 0 Å². The topological polar surface area (TPSA) is 99.1 Å². The van der Waals surface area contributed by atoms with Crippen molar-refractivity contribution in [3.05, 3.63) is 23.8 Å². The van der Waals surface area contributed by atoms with Crippen LogP contribution >= 0.6 is 0 Å². The maximum atomic E-state index is 14.9. The smallest absolute Gasteiger partial charge is 0.308 e. The van der Waals surface area contributed by atoms with E-state index >= 15 is 0 Å². The number of carbonyl (C=O) groups is 3. The van der Waals surface area contributed by atoms with Gasteiger partial charge in [0, 0.05) is 32.3 Å². The zero-order valence-electron chi connectivity index (χ0n) is 34.3. The fraction of sp³-hybridized carbons (Fsp3) is 0.781. The summed E-state index contributed by atoms with van der Waals surface area (Å²) in [6, 6.07) is -0.651. The Kier molecular flexibility index (Phi) is 4.09. The lowest BCUT2D eigenvalue weighted by molar-refractivity contribution is -0.210. The predicted octanol–water partition coefficient (Wildman–Crippen LogP) is 4.70. The number of Topliss-reactive ketones (excluding diaryl/α,β-unsaturated/α-hetero) is 1. The molecular weight excluding hydrogens is 496 g/mol. The minimum Gasteiger partial charge on any atom is -0.457 e. The summed E-state index contributed by atoms with van der Waals surface area (Å²) in [5.74, 6) is -10.7. The average Bonchev–Trinajstić information content (AvgIpc) is 3.45. The highest BCUT2D eigenvalue weighted by Crippen LogP contribution is 2.70. The van der Waals surface area contributed by atoms with Crippen LogP contribution in [0.5, 0.6) is 0 Å². The van der Waals surface area contributed by atoms with Crippen molar-refractivity contribution >= 4 is 17.5 Å². The fourth-order valence-electron chi connectivity index (χ4n) is 8.95. The molecule has 1 N–H and O–H groups in total. The number of ether oxygens (including phenoxy) is 3. The van der Waals surface area contributed by atoms with Crippen molar-refractivity contribution in [3.63, 3.8) is 0 Å². The van der Waals surface area contributed by atoms with Crippen LogP contribution in [0.25, 0.3) is 0 Å². The molecule has 9 atom stereocenters. The highest BCUT2D eigenvalue weighted by molar-refractivity contribution is 6.01. The Balaban J connectivity index is 1.44. The molecule has 7 nitrogen and oxygen atoms in total. The number of aliphatic hydroxyl groups is 1. The van der Waals surface area contributed by atoms with Crippen LogP contribution < -0.4 is 0 Å². The predicted molar refractivity (Wildman–Crippen MR) is 143 cm³/mol. The Bertz CT molecular complexity index is 1570. The monoisotopic (exact) mass is 552 g/mol. The van der Waals surface area contributed by atoms with Gasteiger partial charge in [-0.1, -0.05) is 58.5 Å². The summed E-state index contributed by atoms with van der Waals surface area (Å²) in [6.45, 7) is -8.02. The van der Waals surface area contributed by atoms with Crippen molar-refractivity contribution < 1.29 is 50.1 Å². The molecule has 5 aliphatic carbocycles. The van der Waals surface area contributed by atoms with Crippen molar-refractivity contribution in [2.24, 2.45) is 40.4 Å². The van der Waals surface area contributed by atoms with Gasteiger partial charge in [-0.3, -0.25) is 14.4 Å². The third kappa shape index (κ3) is 3.97. The standard InChI is InChI=1S/C32H44O7/c1-18(2)28(36)37-17-25(35)32-26(38-29(39-32)19-8-6-5-7-9-19)15-23-22-11-10-20-14-21(33)12-13-30(20,3)27(22)24(34)16-31(23,32)4/h12-14,18-19,22-24,26-27,29,34H,5-11,15-17H2,1-4H3/t22-,23-,24-,26+,27+,29+,30-,31-,32+/m0/s1/i1D3,2D3,12D,14D,17D2,18D,29D. The maximum absolute atomic E-state index is 14.9. The summed E-state index contributed by atoms with van der Waals surface area (Å²) in [4.78, 5) is 40.7. The van der Waals surface area contributed by atoms with E-state index in [1.165, 1.54) is 6.08 Å². The second-order valence-electron chi connectivity index (χ2n) is 12.6. The molecule has 6 rings (SSSR count). The molecule has 1 heterocycles. The van der Waals surface area contributed by atoms with Gasteiger partial charge in [0.1, 0.15) is 0 Å². The van der Waals surface area contributed by atoms with E-state index in [2.05, 4.69) is 0 Å². The van der Waals surface area contributed by atoms with Gasteiger partial charge in [0.15, 0.2) is 24.2 Å². The second kappa shape index (κ2) is 9.63. The first kappa shape index (κ1) is 16.6. The van der Waals surface area contributed by atoms with Crippen LogP contribution in [0.2, 0.25) is 0 Å². The van der Waals surface area contributed by atoms with Crippen LogP contribution in [0.3, 0.4) is 0 Å². The molecule has 39 heavy (non-hydrogen) atoms. The summed E-state index contributed by atoms with van der Waals surface area (Å²) < 4.78 is 115. The minimum absolute atomic E-state index is 0.0413. The number of aliphatic hydroxyl groups excluding tert-OH is 1. The Morgan fingerprint density at radius 2 is 2.08 bits per heavy atom. The van der Waals surface area contributed by atoms with E-state index in [1.54, 1.807) is 13.8 Å². The minimum atomic E-state index is -3.96. The highest BCUT2D eigenvalue weighted by atomic mass is 16.7. The number of hydrogen-bond donors (Lipinski definition) is 1. The van der Waals surface area contributed by atoms with Crippen LogP contribution in [0.1, 0.15) is 102 Å². The summed E-state index contributed by atoms with van der Waals surface area (Å²) in [5.41, 5.74) is -4.46. The number of hydrogen-bond acceptors (Lipinski definition) is 7. The van der Waals surface area contributed by atoms with E-state index < -0.39 is 102 Å². The van der Waals surface area contributed by atoms with Gasteiger partial charge in [0.25, 0.3) is 0 Å². The van der Waals surface area contributed by atoms with E-state index in [1.807, 2.05) is 0 Å². The van der Waals surface area contributed by atoms with Gasteiger partial charge in [-0.25, -0.2) is 0 Å². The number of ketones is 2. The highest BCUT2D eigenvalue weighted by Gasteiger charge is 2.76. The van der Waals surface area contributed by atoms with Gasteiger partial charge in [0.2, 0.25) is 5.78 Å². The van der Waals surface area contributed by atoms with Gasteiger partial charge in [0.05, 0.1) is 25.0 Å². The van der Waals surface area contributed by atoms with Crippen LogP contribution in [0.4, 0.5) is 0 Å². The number of fused-ring (bicyclic) bond motifs is 7. The lowest BCUT2D eigenvalue weighted by atomic mass is 9.46. The van der Waals surface area contributed by atoms with E-state index in [0.717, 1.165) is 19.3 Å². The van der Waals surface area contributed by atoms with E-state index in [-0.39, 0.29) is 31.4 Å². The Hall–Kier alpha value is -1.83. The number of carbonyl (C=O) groups excluding carboxylic acids is 3. The summed E-state index contributed by atoms with van der Waals surface area (Å²) in [5, 5.41) is 12.0. The molecule has 214 valence electrons. The lowest BCUT2D eigenvalue weighted by Gasteiger charge is -2.59. The zero-order chi connectivity index (χ0) is 38.1. The molecule has 6 aliphatic rings. The molecule has 0 aromatic heterocycles. The largest absolute Gasteiger partial charge is 0.457 e. The molecular formula is C32H44O7. The first-order valence-electron chi connectivity index (χ1n) is 20.0. The van der Waals surface area contributed by atoms with Gasteiger partial charge in [-0.05, 0) is 62.5 Å². The number of allylic oxidation sites excluding steroid dienone is 4. The van der Waals surface area contributed by atoms with Crippen molar-refractivity contribution in [1.82, 2.24) is 0 Å². The van der Waals surface area contributed by atoms with Crippen LogP contribution in [0, 0.1) is 40.4 Å². The third-order valence-electron chi connectivity index (χ3n) is 10.7. The third-order valence-corrected chi connectivity index (χ3v) is 10.7. The van der Waals surface area contributed by atoms with Crippen LogP contribution in [-0.4, -0.2) is 53.3 Å². The summed E-state index contributed by atoms with van der Waals surface area (Å²) in [6.07, 6.45) is 0.631. The maximum Gasteiger partial charge on any atom is 0.308 e. The molecule has 0 amide bonds. The number of esters is 1. The molecule has 7 heteroatoms. The Labute approximate surface area is 248 Å². The SMILES string of the molecule is [2H]C1=C[C@@]2(C)C(=C([2H])C1=O)CC[C@@H]1[C@@H]2[C@@H](O)C[C@@]2(C)[C@H]1C[C@H]1O[C@@]([2H])(C3CCCCC3)O[C@]12C(=O)C([2H])([2H])OC(=O)C([2H])(C([2H])([2H])[2H])C([2H])([2H])[2H]. The summed E-state index contributed by atoms with van der Waals surface area (Å²) >= 11 is 0. The van der Waals surface area contributed by atoms with Gasteiger partial charge in [-0.15, -0.1) is 0 Å². The van der Waals surface area contributed by atoms with Crippen LogP contribution in [0.15, 0.2) is 23.8 Å². The van der Waals surface area contributed by atoms with E-state index in [0.29, 0.717) is 24.8 Å². The van der Waals surface area contributed by atoms with Crippen molar-refractivity contribution in [1.29, 1.82) is 0 Å². The van der Waals surface area contributed by atoms with Gasteiger partial charge >= 0.3 is 5.97 Å². The molecule has 0 radical (unpaired) electrons. The normalized spacial score (nSPS) is 53.5. The molecule has 5 fully saturated rings. The quantitative estimate of drug-likeness (QED) is 0.494. The van der Waals surface area contributed by atoms with Gasteiger partial charge < -0.3 is 19.3 Å². The molecule has 1 saturated heterocycles. The Morgan fingerprint density at radius 3 is 2.82 bits per heavy atom. The average molecular weight is 553 g/mol. The molecule has 1 aliphatic heterocycles. The van der Waals surface area contributed by atoms with E-state index in [4.69, 9.17) is 29.3 Å². The zero-order valence-corrected chi connectivity index (χ0v) is 22.3. The first-order chi connectivity index (χ1) is 23.2. The van der Waals surface area contributed by atoms with Crippen molar-refractivity contribution in [2.45, 2.75) is 109 Å². The molecule has 4 saturated carbocycles. The lowest BCUT2D eigenvalue weighted by Crippen LogP contribution is -2.63. The number of rotatable bonds is 5. The van der Waals surface area contributed by atoms with Crippen LogP contribution in [-0.2, 0) is 28.6 Å². The van der Waals surface area contributed by atoms with Crippen molar-refractivity contribution in [3.8, 4) is 0 Å². The first-order valence-corrected chi connectivity index (χ1v) is 14.0. The molecule has 0 spiro atoms.